The second-order valence-corrected chi connectivity index (χ2v) is 11.7. The zero-order chi connectivity index (χ0) is 26.3. The predicted octanol–water partition coefficient (Wildman–Crippen LogP) is 4.36. The van der Waals surface area contributed by atoms with Crippen molar-refractivity contribution in [3.05, 3.63) is 40.3 Å². The van der Waals surface area contributed by atoms with Gasteiger partial charge in [-0.2, -0.15) is 0 Å². The lowest BCUT2D eigenvalue weighted by Gasteiger charge is -2.21. The van der Waals surface area contributed by atoms with Crippen LogP contribution < -0.4 is 16.0 Å². The van der Waals surface area contributed by atoms with E-state index >= 15 is 0 Å². The monoisotopic (exact) mass is 526 g/mol. The summed E-state index contributed by atoms with van der Waals surface area (Å²) in [7, 11) is 4.69. The first-order chi connectivity index (χ1) is 16.6. The molecule has 35 heavy (non-hydrogen) atoms. The Kier molecular flexibility index (Phi) is 14.0. The van der Waals surface area contributed by atoms with Crippen LogP contribution in [-0.2, 0) is 20.9 Å². The lowest BCUT2D eigenvalue weighted by atomic mass is 10.1. The van der Waals surface area contributed by atoms with Gasteiger partial charge in [0.25, 0.3) is 0 Å². The van der Waals surface area contributed by atoms with Gasteiger partial charge in [0.1, 0.15) is 18.7 Å². The molecule has 13 heteroatoms. The number of carboxylic acids is 1. The van der Waals surface area contributed by atoms with Gasteiger partial charge in [-0.3, -0.25) is 9.59 Å². The lowest BCUT2D eigenvalue weighted by Crippen LogP contribution is -2.48. The van der Waals surface area contributed by atoms with Crippen molar-refractivity contribution in [1.82, 2.24) is 16.0 Å². The number of nitrogens with zero attached hydrogens (tertiary/aromatic N) is 3. The molecule has 0 aliphatic heterocycles. The van der Waals surface area contributed by atoms with E-state index in [0.717, 1.165) is 0 Å². The summed E-state index contributed by atoms with van der Waals surface area (Å²) in [4.78, 5) is 38.8. The summed E-state index contributed by atoms with van der Waals surface area (Å²) < 4.78 is 5.24. The average molecular weight is 527 g/mol. The van der Waals surface area contributed by atoms with Gasteiger partial charge in [-0.25, -0.2) is 4.79 Å². The molecule has 0 aliphatic carbocycles. The number of ether oxygens (including phenoxy) is 1. The van der Waals surface area contributed by atoms with Crippen molar-refractivity contribution in [2.75, 3.05) is 19.3 Å². The van der Waals surface area contributed by atoms with Crippen LogP contribution in [0.2, 0.25) is 0 Å². The summed E-state index contributed by atoms with van der Waals surface area (Å²) in [6, 6.07) is 5.18. The van der Waals surface area contributed by atoms with Crippen LogP contribution in [0.25, 0.3) is 10.4 Å². The molecule has 2 amide bonds. The van der Waals surface area contributed by atoms with E-state index in [9.17, 15) is 14.4 Å². The Morgan fingerprint density at radius 3 is 2.43 bits per heavy atom. The number of aliphatic carboxylic acids is 1. The molecule has 0 unspecified atom stereocenters. The van der Waals surface area contributed by atoms with Gasteiger partial charge in [-0.05, 0) is 37.4 Å². The van der Waals surface area contributed by atoms with Crippen LogP contribution in [0.4, 0.5) is 10.5 Å². The molecule has 2 atom stereocenters. The van der Waals surface area contributed by atoms with Gasteiger partial charge in [0.2, 0.25) is 5.91 Å². The highest BCUT2D eigenvalue weighted by Gasteiger charge is 2.23. The van der Waals surface area contributed by atoms with Gasteiger partial charge in [0.05, 0.1) is 0 Å². The second kappa shape index (κ2) is 16.1. The zero-order valence-electron chi connectivity index (χ0n) is 20.4. The van der Waals surface area contributed by atoms with E-state index in [0.29, 0.717) is 42.8 Å². The summed E-state index contributed by atoms with van der Waals surface area (Å²) in [6.45, 7) is 6.55. The van der Waals surface area contributed by atoms with Crippen molar-refractivity contribution in [2.45, 2.75) is 63.5 Å². The summed E-state index contributed by atoms with van der Waals surface area (Å²) in [5.41, 5.74) is 9.61. The van der Waals surface area contributed by atoms with Crippen LogP contribution in [0, 0.1) is 0 Å². The van der Waals surface area contributed by atoms with Crippen molar-refractivity contribution >= 4 is 45.2 Å². The number of carbonyl (C=O) groups is 3. The third kappa shape index (κ3) is 13.8. The van der Waals surface area contributed by atoms with Gasteiger partial charge < -0.3 is 25.8 Å². The molecule has 1 rings (SSSR count). The number of likely N-dealkylation sites (N-methyl/N-ethyl adjacent to an activating group) is 1. The predicted molar refractivity (Wildman–Crippen MR) is 140 cm³/mol. The Labute approximate surface area is 213 Å². The van der Waals surface area contributed by atoms with Crippen molar-refractivity contribution in [1.29, 1.82) is 0 Å². The Balaban J connectivity index is 2.57. The number of carboxylic acid groups (broad SMARTS) is 1. The Morgan fingerprint density at radius 2 is 1.86 bits per heavy atom. The van der Waals surface area contributed by atoms with E-state index in [4.69, 9.17) is 15.4 Å². The maximum absolute atomic E-state index is 12.7. The maximum Gasteiger partial charge on any atom is 0.408 e. The third-order valence-electron chi connectivity index (χ3n) is 4.48. The highest BCUT2D eigenvalue weighted by molar-refractivity contribution is 8.77. The number of hydrogen-bond donors (Lipinski definition) is 4. The van der Waals surface area contributed by atoms with Crippen LogP contribution in [0.5, 0.6) is 0 Å². The van der Waals surface area contributed by atoms with E-state index in [2.05, 4.69) is 46.7 Å². The summed E-state index contributed by atoms with van der Waals surface area (Å²) in [6.07, 6.45) is 0.983. The molecule has 194 valence electrons. The SMILES string of the molecule is CN[C@@H](CCCCNC(=O)[C@H](CSSC(C)(C)C)NC(=O)OCc1ccc(N=[N+]=[N-])cc1)C(=O)O. The fraction of sp³-hybridized carbons (Fsp3) is 0.591. The Bertz CT molecular complexity index is 872. The van der Waals surface area contributed by atoms with Gasteiger partial charge >= 0.3 is 12.1 Å². The highest BCUT2D eigenvalue weighted by Crippen LogP contribution is 2.35. The second-order valence-electron chi connectivity index (χ2n) is 8.58. The molecule has 0 heterocycles. The summed E-state index contributed by atoms with van der Waals surface area (Å²) >= 11 is 0. The van der Waals surface area contributed by atoms with E-state index in [1.807, 2.05) is 0 Å². The first-order valence-corrected chi connectivity index (χ1v) is 13.4. The number of amides is 2. The number of rotatable bonds is 15. The number of alkyl carbamates (subject to hydrolysis) is 1. The number of hydrogen-bond acceptors (Lipinski definition) is 8. The van der Waals surface area contributed by atoms with Crippen molar-refractivity contribution < 1.29 is 24.2 Å². The molecule has 0 fully saturated rings. The van der Waals surface area contributed by atoms with E-state index < -0.39 is 24.1 Å². The highest BCUT2D eigenvalue weighted by atomic mass is 33.1. The fourth-order valence-electron chi connectivity index (χ4n) is 2.70. The number of carbonyl (C=O) groups excluding carboxylic acids is 2. The van der Waals surface area contributed by atoms with E-state index in [-0.39, 0.29) is 17.3 Å². The van der Waals surface area contributed by atoms with Crippen LogP contribution in [-0.4, -0.2) is 59.3 Å². The molecule has 0 aliphatic rings. The van der Waals surface area contributed by atoms with Crippen molar-refractivity contribution in [3.63, 3.8) is 0 Å². The molecule has 0 saturated heterocycles. The largest absolute Gasteiger partial charge is 0.480 e. The molecule has 4 N–H and O–H groups in total. The Hall–Kier alpha value is -2.60. The molecule has 0 saturated carbocycles. The minimum Gasteiger partial charge on any atom is -0.480 e. The molecular formula is C22H34N6O5S2. The van der Waals surface area contributed by atoms with Gasteiger partial charge in [-0.15, -0.1) is 0 Å². The standard InChI is InChI=1S/C22H34N6O5S2/c1-22(2,3)35-34-14-18(19(29)25-12-6-5-7-17(24-4)20(30)31)26-21(32)33-13-15-8-10-16(11-9-15)27-28-23/h8-11,17-18,24H,5-7,12-14H2,1-4H3,(H,25,29)(H,26,32)(H,30,31)/t17-,18-/m0/s1. The maximum atomic E-state index is 12.7. The van der Waals surface area contributed by atoms with Crippen LogP contribution >= 0.6 is 21.6 Å². The molecule has 0 bridgehead atoms. The molecule has 1 aromatic rings. The van der Waals surface area contributed by atoms with Crippen LogP contribution in [0.15, 0.2) is 29.4 Å². The first-order valence-electron chi connectivity index (χ1n) is 11.1. The number of benzene rings is 1. The molecule has 0 radical (unpaired) electrons. The fourth-order valence-corrected chi connectivity index (χ4v) is 5.17. The molecule has 0 aromatic heterocycles. The van der Waals surface area contributed by atoms with Crippen molar-refractivity contribution in [3.8, 4) is 0 Å². The normalized spacial score (nSPS) is 12.7. The van der Waals surface area contributed by atoms with Gasteiger partial charge in [-0.1, -0.05) is 71.7 Å². The minimum absolute atomic E-state index is 0.00316. The number of unbranched alkanes of at least 4 members (excludes halogenated alkanes) is 1. The number of nitrogens with one attached hydrogen (secondary N) is 3. The lowest BCUT2D eigenvalue weighted by molar-refractivity contribution is -0.139. The smallest absolute Gasteiger partial charge is 0.408 e. The third-order valence-corrected chi connectivity index (χ3v) is 7.83. The van der Waals surface area contributed by atoms with Crippen LogP contribution in [0.3, 0.4) is 0 Å². The Morgan fingerprint density at radius 1 is 1.17 bits per heavy atom. The topological polar surface area (TPSA) is 166 Å². The van der Waals surface area contributed by atoms with Gasteiger partial charge in [0, 0.05) is 27.6 Å². The average Bonchev–Trinajstić information content (AvgIpc) is 2.79. The quantitative estimate of drug-likeness (QED) is 0.0860. The molecule has 0 spiro atoms. The number of azide groups is 1. The zero-order valence-corrected chi connectivity index (χ0v) is 22.1. The molecule has 11 nitrogen and oxygen atoms in total. The first kappa shape index (κ1) is 30.4. The van der Waals surface area contributed by atoms with E-state index in [1.54, 1.807) is 42.1 Å². The van der Waals surface area contributed by atoms with E-state index in [1.165, 1.54) is 10.8 Å². The summed E-state index contributed by atoms with van der Waals surface area (Å²) in [5, 5.41) is 20.7. The minimum atomic E-state index is -0.903. The van der Waals surface area contributed by atoms with Gasteiger partial charge in [0.15, 0.2) is 0 Å². The molecular weight excluding hydrogens is 492 g/mol. The molecule has 1 aromatic carbocycles. The van der Waals surface area contributed by atoms with Crippen LogP contribution in [0.1, 0.15) is 45.6 Å². The summed E-state index contributed by atoms with van der Waals surface area (Å²) in [5.74, 6) is -0.879. The van der Waals surface area contributed by atoms with Crippen molar-refractivity contribution in [2.24, 2.45) is 5.11 Å².